The van der Waals surface area contributed by atoms with Crippen LogP contribution in [0, 0.1) is 23.7 Å². The molecule has 0 radical (unpaired) electrons. The topological polar surface area (TPSA) is 47.9 Å². The Morgan fingerprint density at radius 3 is 2.20 bits per heavy atom. The molecule has 0 aromatic heterocycles. The average Bonchev–Trinajstić information content (AvgIpc) is 2.76. The smallest absolute Gasteiger partial charge is 0.389 e. The highest BCUT2D eigenvalue weighted by molar-refractivity contribution is 6.74. The highest BCUT2D eigenvalue weighted by Crippen LogP contribution is 2.36. The van der Waals surface area contributed by atoms with Gasteiger partial charge in [0.2, 0.25) is 0 Å². The summed E-state index contributed by atoms with van der Waals surface area (Å²) in [6.07, 6.45) is -5.11. The van der Waals surface area contributed by atoms with Crippen molar-refractivity contribution in [3.63, 3.8) is 0 Å². The van der Waals surface area contributed by atoms with Gasteiger partial charge in [0, 0.05) is 25.6 Å². The minimum Gasteiger partial charge on any atom is -0.494 e. The van der Waals surface area contributed by atoms with Crippen LogP contribution in [0.1, 0.15) is 59.4 Å². The fraction of sp³-hybridized carbons (Fsp3) is 0.704. The number of hydrogen-bond acceptors (Lipinski definition) is 4. The quantitative estimate of drug-likeness (QED) is 0.175. The van der Waals surface area contributed by atoms with Crippen LogP contribution in [0.4, 0.5) is 13.2 Å². The normalized spacial score (nSPS) is 15.2. The van der Waals surface area contributed by atoms with Gasteiger partial charge in [0.15, 0.2) is 8.32 Å². The Bertz CT molecular complexity index is 792. The molecule has 1 aromatic carbocycles. The summed E-state index contributed by atoms with van der Waals surface area (Å²) >= 11 is 0. The monoisotopic (exact) mass is 516 g/mol. The number of rotatable bonds is 13. The SMILES string of the molecule is C[C@H](C#CC(O)[C@@H](C)CCOCc1ccc(OCCCC(F)(F)F)cc1)CO[Si](C)(C)C(C)(C)C. The largest absolute Gasteiger partial charge is 0.494 e. The molecule has 200 valence electrons. The molecule has 4 nitrogen and oxygen atoms in total. The van der Waals surface area contributed by atoms with Crippen molar-refractivity contribution in [3.8, 4) is 17.6 Å². The van der Waals surface area contributed by atoms with Gasteiger partial charge in [-0.05, 0) is 61.5 Å². The molecule has 0 bridgehead atoms. The lowest BCUT2D eigenvalue weighted by molar-refractivity contribution is -0.136. The maximum Gasteiger partial charge on any atom is 0.389 e. The van der Waals surface area contributed by atoms with Crippen LogP contribution in [0.5, 0.6) is 5.75 Å². The van der Waals surface area contributed by atoms with Crippen molar-refractivity contribution in [3.05, 3.63) is 29.8 Å². The Labute approximate surface area is 210 Å². The van der Waals surface area contributed by atoms with Crippen molar-refractivity contribution < 1.29 is 32.2 Å². The molecule has 0 amide bonds. The van der Waals surface area contributed by atoms with Crippen molar-refractivity contribution in [1.82, 2.24) is 0 Å². The van der Waals surface area contributed by atoms with Gasteiger partial charge in [0.25, 0.3) is 0 Å². The second kappa shape index (κ2) is 14.3. The fourth-order valence-electron chi connectivity index (χ4n) is 2.72. The Morgan fingerprint density at radius 1 is 1.00 bits per heavy atom. The first-order valence-electron chi connectivity index (χ1n) is 12.3. The van der Waals surface area contributed by atoms with Crippen molar-refractivity contribution in [2.45, 2.75) is 90.9 Å². The predicted molar refractivity (Wildman–Crippen MR) is 137 cm³/mol. The maximum atomic E-state index is 12.1. The molecule has 0 aliphatic heterocycles. The third-order valence-electron chi connectivity index (χ3n) is 6.30. The second-order valence-corrected chi connectivity index (χ2v) is 15.5. The lowest BCUT2D eigenvalue weighted by Gasteiger charge is -2.36. The van der Waals surface area contributed by atoms with E-state index in [2.05, 4.69) is 45.7 Å². The molecule has 0 spiro atoms. The maximum absolute atomic E-state index is 12.1. The molecule has 8 heteroatoms. The van der Waals surface area contributed by atoms with E-state index in [1.165, 1.54) is 0 Å². The van der Waals surface area contributed by atoms with Crippen molar-refractivity contribution >= 4 is 8.32 Å². The highest BCUT2D eigenvalue weighted by atomic mass is 28.4. The molecule has 1 unspecified atom stereocenters. The number of hydrogen-bond donors (Lipinski definition) is 1. The van der Waals surface area contributed by atoms with Crippen molar-refractivity contribution in [2.75, 3.05) is 19.8 Å². The van der Waals surface area contributed by atoms with Crippen LogP contribution >= 0.6 is 0 Å². The van der Waals surface area contributed by atoms with Crippen LogP contribution in [0.2, 0.25) is 18.1 Å². The number of ether oxygens (including phenoxy) is 2. The molecule has 0 saturated heterocycles. The van der Waals surface area contributed by atoms with Gasteiger partial charge in [-0.3, -0.25) is 0 Å². The van der Waals surface area contributed by atoms with Crippen LogP contribution in [-0.2, 0) is 15.8 Å². The molecular weight excluding hydrogens is 473 g/mol. The zero-order chi connectivity index (χ0) is 26.7. The van der Waals surface area contributed by atoms with Crippen molar-refractivity contribution in [1.29, 1.82) is 0 Å². The molecule has 0 aliphatic carbocycles. The van der Waals surface area contributed by atoms with Gasteiger partial charge in [-0.1, -0.05) is 51.7 Å². The number of alkyl halides is 3. The molecule has 3 atom stereocenters. The summed E-state index contributed by atoms with van der Waals surface area (Å²) in [6.45, 7) is 16.5. The van der Waals surface area contributed by atoms with E-state index in [1.54, 1.807) is 12.1 Å². The van der Waals surface area contributed by atoms with E-state index in [0.29, 0.717) is 32.0 Å². The number of halogens is 3. The van der Waals surface area contributed by atoms with Gasteiger partial charge in [-0.25, -0.2) is 0 Å². The van der Waals surface area contributed by atoms with Crippen LogP contribution in [0.3, 0.4) is 0 Å². The van der Waals surface area contributed by atoms with Crippen LogP contribution in [0.15, 0.2) is 24.3 Å². The molecule has 0 saturated carbocycles. The van der Waals surface area contributed by atoms with Crippen LogP contribution in [-0.4, -0.2) is 45.5 Å². The molecule has 0 fully saturated rings. The molecule has 0 heterocycles. The summed E-state index contributed by atoms with van der Waals surface area (Å²) < 4.78 is 53.7. The number of aliphatic hydroxyl groups excluding tert-OH is 1. The fourth-order valence-corrected chi connectivity index (χ4v) is 3.82. The molecular formula is C27H43F3O4Si. The molecule has 1 rings (SSSR count). The Hall–Kier alpha value is -1.53. The lowest BCUT2D eigenvalue weighted by Crippen LogP contribution is -2.41. The molecule has 1 N–H and O–H groups in total. The first-order chi connectivity index (χ1) is 16.1. The summed E-state index contributed by atoms with van der Waals surface area (Å²) in [7, 11) is -1.80. The summed E-state index contributed by atoms with van der Waals surface area (Å²) in [5.41, 5.74) is 0.941. The third kappa shape index (κ3) is 13.4. The van der Waals surface area contributed by atoms with Gasteiger partial charge < -0.3 is 19.0 Å². The van der Waals surface area contributed by atoms with Crippen molar-refractivity contribution in [2.24, 2.45) is 11.8 Å². The minimum atomic E-state index is -4.15. The van der Waals surface area contributed by atoms with E-state index in [0.717, 1.165) is 5.56 Å². The van der Waals surface area contributed by atoms with Gasteiger partial charge in [0.1, 0.15) is 11.9 Å². The van der Waals surface area contributed by atoms with Gasteiger partial charge in [-0.2, -0.15) is 13.2 Å². The van der Waals surface area contributed by atoms with Gasteiger partial charge >= 0.3 is 6.18 Å². The van der Waals surface area contributed by atoms with E-state index in [4.69, 9.17) is 13.9 Å². The van der Waals surface area contributed by atoms with Gasteiger partial charge in [0.05, 0.1) is 13.2 Å². The van der Waals surface area contributed by atoms with Crippen LogP contribution in [0.25, 0.3) is 0 Å². The van der Waals surface area contributed by atoms with Crippen LogP contribution < -0.4 is 4.74 Å². The summed E-state index contributed by atoms with van der Waals surface area (Å²) in [5.74, 6) is 6.65. The number of aliphatic hydroxyl groups is 1. The highest BCUT2D eigenvalue weighted by Gasteiger charge is 2.37. The molecule has 1 aromatic rings. The summed E-state index contributed by atoms with van der Waals surface area (Å²) in [4.78, 5) is 0. The lowest BCUT2D eigenvalue weighted by atomic mass is 10.0. The van der Waals surface area contributed by atoms with E-state index >= 15 is 0 Å². The molecule has 35 heavy (non-hydrogen) atoms. The zero-order valence-corrected chi connectivity index (χ0v) is 23.3. The van der Waals surface area contributed by atoms with Gasteiger partial charge in [-0.15, -0.1) is 0 Å². The Balaban J connectivity index is 2.30. The van der Waals surface area contributed by atoms with E-state index in [1.807, 2.05) is 26.0 Å². The minimum absolute atomic E-state index is 0.0246. The van der Waals surface area contributed by atoms with E-state index in [9.17, 15) is 18.3 Å². The predicted octanol–water partition coefficient (Wildman–Crippen LogP) is 6.97. The Morgan fingerprint density at radius 2 is 1.63 bits per heavy atom. The summed E-state index contributed by atoms with van der Waals surface area (Å²) in [5, 5.41) is 10.5. The Kier molecular flexibility index (Phi) is 12.8. The average molecular weight is 517 g/mol. The third-order valence-corrected chi connectivity index (χ3v) is 10.8. The zero-order valence-electron chi connectivity index (χ0n) is 22.3. The van der Waals surface area contributed by atoms with E-state index < -0.39 is 27.0 Å². The standard InChI is InChI=1S/C27H43F3O4Si/c1-21(19-34-35(6,7)26(3,4)5)9-14-25(31)22(2)15-18-32-20-23-10-12-24(13-11-23)33-17-8-16-27(28,29)30/h10-13,21-22,25,31H,8,15-20H2,1-7H3/t21-,22+,25?/m1/s1. The van der Waals surface area contributed by atoms with E-state index in [-0.39, 0.29) is 29.9 Å². The summed E-state index contributed by atoms with van der Waals surface area (Å²) in [6, 6.07) is 7.11. The molecule has 0 aliphatic rings. The second-order valence-electron chi connectivity index (χ2n) is 10.7. The number of benzene rings is 1. The first kappa shape index (κ1) is 31.5. The first-order valence-corrected chi connectivity index (χ1v) is 15.2.